The van der Waals surface area contributed by atoms with E-state index in [1.165, 1.54) is 30.7 Å². The monoisotopic (exact) mass is 372 g/mol. The summed E-state index contributed by atoms with van der Waals surface area (Å²) in [6, 6.07) is 6.27. The third-order valence-corrected chi connectivity index (χ3v) is 6.16. The fourth-order valence-corrected chi connectivity index (χ4v) is 4.32. The van der Waals surface area contributed by atoms with Crippen LogP contribution < -0.4 is 4.72 Å². The number of hydrogen-bond acceptors (Lipinski definition) is 3. The molecule has 0 saturated heterocycles. The highest BCUT2D eigenvalue weighted by Crippen LogP contribution is 2.23. The van der Waals surface area contributed by atoms with Crippen molar-refractivity contribution in [3.8, 4) is 0 Å². The van der Waals surface area contributed by atoms with Crippen LogP contribution in [0.3, 0.4) is 0 Å². The van der Waals surface area contributed by atoms with E-state index < -0.39 is 10.0 Å². The molecule has 0 aliphatic heterocycles. The fraction of sp³-hybridized carbons (Fsp3) is 0.588. The van der Waals surface area contributed by atoms with E-state index in [-0.39, 0.29) is 23.8 Å². The summed E-state index contributed by atoms with van der Waals surface area (Å²) in [4.78, 5) is 14.5. The number of amides is 1. The molecule has 1 aliphatic carbocycles. The maximum Gasteiger partial charge on any atom is 0.240 e. The molecule has 0 unspecified atom stereocenters. The second-order valence-corrected chi connectivity index (χ2v) is 8.28. The topological polar surface area (TPSA) is 66.5 Å². The summed E-state index contributed by atoms with van der Waals surface area (Å²) in [6.07, 6.45) is 5.85. The molecule has 1 aliphatic rings. The van der Waals surface area contributed by atoms with E-state index in [1.807, 2.05) is 11.8 Å². The van der Waals surface area contributed by atoms with Crippen LogP contribution in [0.1, 0.15) is 45.4 Å². The van der Waals surface area contributed by atoms with Crippen molar-refractivity contribution in [1.29, 1.82) is 0 Å². The Morgan fingerprint density at radius 3 is 2.42 bits per heavy atom. The maximum absolute atomic E-state index is 12.4. The van der Waals surface area contributed by atoms with Gasteiger partial charge >= 0.3 is 0 Å². The van der Waals surface area contributed by atoms with Gasteiger partial charge in [-0.25, -0.2) is 13.1 Å². The molecule has 7 heteroatoms. The molecule has 1 N–H and O–H groups in total. The number of carbonyl (C=O) groups excluding carboxylic acids is 1. The summed E-state index contributed by atoms with van der Waals surface area (Å²) < 4.78 is 26.9. The smallest absolute Gasteiger partial charge is 0.240 e. The Balaban J connectivity index is 1.87. The molecule has 1 saturated carbocycles. The van der Waals surface area contributed by atoms with Crippen molar-refractivity contribution in [2.75, 3.05) is 13.1 Å². The summed E-state index contributed by atoms with van der Waals surface area (Å²) in [5.74, 6) is 0.0169. The maximum atomic E-state index is 12.4. The number of nitrogens with zero attached hydrogens (tertiary/aromatic N) is 1. The molecule has 134 valence electrons. The minimum atomic E-state index is -3.61. The predicted molar refractivity (Wildman–Crippen MR) is 95.5 cm³/mol. The first-order chi connectivity index (χ1) is 11.4. The number of carbonyl (C=O) groups is 1. The van der Waals surface area contributed by atoms with E-state index in [0.29, 0.717) is 17.6 Å². The molecule has 0 radical (unpaired) electrons. The van der Waals surface area contributed by atoms with Gasteiger partial charge in [-0.15, -0.1) is 0 Å². The zero-order chi connectivity index (χ0) is 17.6. The van der Waals surface area contributed by atoms with E-state index in [2.05, 4.69) is 4.72 Å². The Morgan fingerprint density at radius 2 is 1.83 bits per heavy atom. The molecule has 24 heavy (non-hydrogen) atoms. The minimum Gasteiger partial charge on any atom is -0.340 e. The molecular weight excluding hydrogens is 348 g/mol. The van der Waals surface area contributed by atoms with E-state index in [4.69, 9.17) is 11.6 Å². The number of nitrogens with one attached hydrogen (secondary N) is 1. The molecule has 0 aromatic heterocycles. The summed E-state index contributed by atoms with van der Waals surface area (Å²) in [5.41, 5.74) is 0. The van der Waals surface area contributed by atoms with E-state index in [1.54, 1.807) is 0 Å². The van der Waals surface area contributed by atoms with Crippen LogP contribution in [0.5, 0.6) is 0 Å². The van der Waals surface area contributed by atoms with Gasteiger partial charge < -0.3 is 4.90 Å². The third kappa shape index (κ3) is 5.19. The first kappa shape index (κ1) is 19.2. The Bertz CT molecular complexity index is 640. The van der Waals surface area contributed by atoms with Gasteiger partial charge in [0.1, 0.15) is 0 Å². The molecule has 0 spiro atoms. The first-order valence-electron chi connectivity index (χ1n) is 8.48. The lowest BCUT2D eigenvalue weighted by molar-refractivity contribution is -0.133. The number of rotatable bonds is 7. The summed E-state index contributed by atoms with van der Waals surface area (Å²) >= 11 is 5.77. The Kier molecular flexibility index (Phi) is 7.07. The number of sulfonamides is 1. The molecular formula is C17H25ClN2O3S. The fourth-order valence-electron chi connectivity index (χ4n) is 3.16. The van der Waals surface area contributed by atoms with Crippen LogP contribution >= 0.6 is 11.6 Å². The molecule has 0 heterocycles. The first-order valence-corrected chi connectivity index (χ1v) is 10.3. The van der Waals surface area contributed by atoms with Gasteiger partial charge in [-0.1, -0.05) is 30.9 Å². The number of hydrogen-bond donors (Lipinski definition) is 1. The molecule has 2 rings (SSSR count). The lowest BCUT2D eigenvalue weighted by Crippen LogP contribution is -2.42. The second-order valence-electron chi connectivity index (χ2n) is 6.07. The van der Waals surface area contributed by atoms with Crippen molar-refractivity contribution < 1.29 is 13.2 Å². The van der Waals surface area contributed by atoms with Crippen molar-refractivity contribution in [2.45, 2.75) is 56.4 Å². The number of benzene rings is 1. The van der Waals surface area contributed by atoms with Crippen molar-refractivity contribution in [2.24, 2.45) is 0 Å². The molecule has 5 nitrogen and oxygen atoms in total. The quantitative estimate of drug-likeness (QED) is 0.799. The second kappa shape index (κ2) is 8.83. The van der Waals surface area contributed by atoms with Gasteiger partial charge in [0.2, 0.25) is 15.9 Å². The molecule has 1 fully saturated rings. The summed E-state index contributed by atoms with van der Waals surface area (Å²) in [7, 11) is -3.61. The molecule has 0 bridgehead atoms. The highest BCUT2D eigenvalue weighted by molar-refractivity contribution is 7.89. The molecule has 1 amide bonds. The minimum absolute atomic E-state index is 0.0169. The highest BCUT2D eigenvalue weighted by atomic mass is 35.5. The SMILES string of the molecule is CCN(C(=O)CCNS(=O)(=O)c1ccc(Cl)cc1)C1CCCCC1. The Morgan fingerprint density at radius 1 is 1.21 bits per heavy atom. The van der Waals surface area contributed by atoms with Gasteiger partial charge in [0.15, 0.2) is 0 Å². The van der Waals surface area contributed by atoms with Crippen LogP contribution in [0, 0.1) is 0 Å². The van der Waals surface area contributed by atoms with Crippen LogP contribution in [0.15, 0.2) is 29.2 Å². The van der Waals surface area contributed by atoms with Crippen LogP contribution in [0.25, 0.3) is 0 Å². The molecule has 1 aromatic carbocycles. The highest BCUT2D eigenvalue weighted by Gasteiger charge is 2.24. The van der Waals surface area contributed by atoms with Gasteiger partial charge in [-0.2, -0.15) is 0 Å². The van der Waals surface area contributed by atoms with Gasteiger partial charge in [-0.3, -0.25) is 4.79 Å². The van der Waals surface area contributed by atoms with Gasteiger partial charge in [-0.05, 0) is 44.0 Å². The van der Waals surface area contributed by atoms with Crippen molar-refractivity contribution in [1.82, 2.24) is 9.62 Å². The largest absolute Gasteiger partial charge is 0.340 e. The molecule has 0 atom stereocenters. The predicted octanol–water partition coefficient (Wildman–Crippen LogP) is 3.19. The summed E-state index contributed by atoms with van der Waals surface area (Å²) in [6.45, 7) is 2.75. The van der Waals surface area contributed by atoms with Crippen LogP contribution in [0.2, 0.25) is 5.02 Å². The zero-order valence-electron chi connectivity index (χ0n) is 14.0. The van der Waals surface area contributed by atoms with Crippen molar-refractivity contribution >= 4 is 27.5 Å². The van der Waals surface area contributed by atoms with E-state index in [9.17, 15) is 13.2 Å². The van der Waals surface area contributed by atoms with Crippen LogP contribution in [-0.4, -0.2) is 38.4 Å². The van der Waals surface area contributed by atoms with Crippen molar-refractivity contribution in [3.05, 3.63) is 29.3 Å². The lowest BCUT2D eigenvalue weighted by atomic mass is 9.94. The Labute approximate surface area is 149 Å². The number of halogens is 1. The zero-order valence-corrected chi connectivity index (χ0v) is 15.6. The summed E-state index contributed by atoms with van der Waals surface area (Å²) in [5, 5.41) is 0.482. The van der Waals surface area contributed by atoms with Crippen molar-refractivity contribution in [3.63, 3.8) is 0 Å². The molecule has 1 aromatic rings. The van der Waals surface area contributed by atoms with Crippen LogP contribution in [0.4, 0.5) is 0 Å². The Hall–Kier alpha value is -1.11. The standard InChI is InChI=1S/C17H25ClN2O3S/c1-2-20(15-6-4-3-5-7-15)17(21)12-13-19-24(22,23)16-10-8-14(18)9-11-16/h8-11,15,19H,2-7,12-13H2,1H3. The van der Waals surface area contributed by atoms with E-state index >= 15 is 0 Å². The third-order valence-electron chi connectivity index (χ3n) is 4.43. The average Bonchev–Trinajstić information content (AvgIpc) is 2.57. The van der Waals surface area contributed by atoms with Gasteiger partial charge in [0.25, 0.3) is 0 Å². The lowest BCUT2D eigenvalue weighted by Gasteiger charge is -2.33. The van der Waals surface area contributed by atoms with Gasteiger partial charge in [0, 0.05) is 30.6 Å². The van der Waals surface area contributed by atoms with Crippen LogP contribution in [-0.2, 0) is 14.8 Å². The van der Waals surface area contributed by atoms with E-state index in [0.717, 1.165) is 25.7 Å². The van der Waals surface area contributed by atoms with Gasteiger partial charge in [0.05, 0.1) is 4.90 Å². The average molecular weight is 373 g/mol. The normalized spacial score (nSPS) is 16.1.